The van der Waals surface area contributed by atoms with Gasteiger partial charge in [0, 0.05) is 0 Å². The van der Waals surface area contributed by atoms with Crippen LogP contribution in [0.4, 0.5) is 0 Å². The normalized spacial score (nSPS) is 12.8. The molecule has 0 heterocycles. The highest BCUT2D eigenvalue weighted by atomic mass is 14.1. The lowest BCUT2D eigenvalue weighted by Gasteiger charge is -2.10. The third-order valence-electron chi connectivity index (χ3n) is 4.60. The van der Waals surface area contributed by atoms with Crippen molar-refractivity contribution in [3.8, 4) is 0 Å². The first-order valence-electron chi connectivity index (χ1n) is 9.81. The smallest absolute Gasteiger partial charge is 0.0443 e. The van der Waals surface area contributed by atoms with Gasteiger partial charge in [-0.05, 0) is 5.92 Å². The second-order valence-electron chi connectivity index (χ2n) is 6.93. The highest BCUT2D eigenvalue weighted by Gasteiger charge is 2.01. The van der Waals surface area contributed by atoms with Gasteiger partial charge in [0.05, 0.1) is 0 Å². The van der Waals surface area contributed by atoms with Crippen LogP contribution in [0.15, 0.2) is 0 Å². The number of unbranched alkanes of at least 4 members (excludes halogenated alkanes) is 12. The molecule has 1 atom stereocenters. The summed E-state index contributed by atoms with van der Waals surface area (Å²) in [6, 6.07) is 0. The summed E-state index contributed by atoms with van der Waals surface area (Å²) in [4.78, 5) is 0. The van der Waals surface area contributed by atoms with Gasteiger partial charge >= 0.3 is 0 Å². The first-order valence-corrected chi connectivity index (χ1v) is 9.81. The van der Waals surface area contributed by atoms with E-state index in [1.807, 2.05) is 0 Å². The van der Waals surface area contributed by atoms with Crippen molar-refractivity contribution in [3.63, 3.8) is 0 Å². The van der Waals surface area contributed by atoms with E-state index >= 15 is 0 Å². The number of hydrogen-bond donors (Lipinski definition) is 0. The van der Waals surface area contributed by atoms with Crippen molar-refractivity contribution in [3.05, 3.63) is 0 Å². The minimum absolute atomic E-state index is 0.972. The summed E-state index contributed by atoms with van der Waals surface area (Å²) in [5, 5.41) is 0. The molecule has 0 aromatic carbocycles. The summed E-state index contributed by atoms with van der Waals surface area (Å²) in [5.74, 6) is 0.972. The summed E-state index contributed by atoms with van der Waals surface area (Å²) >= 11 is 0. The van der Waals surface area contributed by atoms with Gasteiger partial charge in [0.2, 0.25) is 0 Å². The van der Waals surface area contributed by atoms with Crippen molar-refractivity contribution in [2.45, 2.75) is 124 Å². The maximum atomic E-state index is 2.45. The van der Waals surface area contributed by atoms with E-state index in [9.17, 15) is 0 Å². The van der Waals surface area contributed by atoms with Crippen molar-refractivity contribution in [1.82, 2.24) is 0 Å². The van der Waals surface area contributed by atoms with Gasteiger partial charge in [-0.2, -0.15) is 0 Å². The molecule has 0 radical (unpaired) electrons. The summed E-state index contributed by atoms with van der Waals surface area (Å²) in [5.41, 5.74) is 0. The van der Waals surface area contributed by atoms with Crippen molar-refractivity contribution in [1.29, 1.82) is 0 Å². The topological polar surface area (TPSA) is 0 Å². The minimum Gasteiger partial charge on any atom is -0.0654 e. The molecule has 0 N–H and O–H groups in total. The lowest BCUT2D eigenvalue weighted by Crippen LogP contribution is -1.94. The molecule has 0 rings (SSSR count). The Kier molecular flexibility index (Phi) is 17.1. The van der Waals surface area contributed by atoms with E-state index in [1.54, 1.807) is 0 Å². The molecule has 0 nitrogen and oxygen atoms in total. The van der Waals surface area contributed by atoms with Crippen LogP contribution in [0, 0.1) is 5.92 Å². The van der Waals surface area contributed by atoms with Gasteiger partial charge in [0.1, 0.15) is 0 Å². The van der Waals surface area contributed by atoms with E-state index in [0.717, 1.165) is 5.92 Å². The van der Waals surface area contributed by atoms with E-state index in [-0.39, 0.29) is 0 Å². The average Bonchev–Trinajstić information content (AvgIpc) is 2.45. The van der Waals surface area contributed by atoms with Crippen LogP contribution in [-0.4, -0.2) is 0 Å². The van der Waals surface area contributed by atoms with Crippen molar-refractivity contribution in [2.24, 2.45) is 5.92 Å². The molecule has 0 fully saturated rings. The fraction of sp³-hybridized carbons (Fsp3) is 1.00. The molecular weight excluding hydrogens is 240 g/mol. The summed E-state index contributed by atoms with van der Waals surface area (Å²) in [6.07, 6.45) is 23.3. The van der Waals surface area contributed by atoms with E-state index in [0.29, 0.717) is 0 Å². The molecule has 0 saturated carbocycles. The SMILES string of the molecule is CCCCCCCCCCCCCC(C)CCCCC. The maximum absolute atomic E-state index is 2.45. The van der Waals surface area contributed by atoms with E-state index in [4.69, 9.17) is 0 Å². The van der Waals surface area contributed by atoms with Gasteiger partial charge in [-0.15, -0.1) is 0 Å². The highest BCUT2D eigenvalue weighted by Crippen LogP contribution is 2.18. The number of rotatable bonds is 16. The standard InChI is InChI=1S/C20H42/c1-4-6-8-9-10-11-12-13-14-15-17-19-20(3)18-16-7-5-2/h20H,4-19H2,1-3H3. The first kappa shape index (κ1) is 20.0. The average molecular weight is 283 g/mol. The highest BCUT2D eigenvalue weighted by molar-refractivity contribution is 4.55. The molecule has 0 aliphatic rings. The Morgan fingerprint density at radius 3 is 1.20 bits per heavy atom. The van der Waals surface area contributed by atoms with E-state index in [1.165, 1.54) is 103 Å². The largest absolute Gasteiger partial charge is 0.0654 e. The molecule has 0 aliphatic heterocycles. The van der Waals surface area contributed by atoms with E-state index < -0.39 is 0 Å². The van der Waals surface area contributed by atoms with Crippen molar-refractivity contribution >= 4 is 0 Å². The second kappa shape index (κ2) is 17.1. The molecule has 0 spiro atoms. The Bertz CT molecular complexity index is 161. The molecule has 0 aromatic heterocycles. The van der Waals surface area contributed by atoms with Gasteiger partial charge in [0.15, 0.2) is 0 Å². The molecule has 0 heteroatoms. The molecule has 0 aromatic rings. The fourth-order valence-corrected chi connectivity index (χ4v) is 3.04. The quantitative estimate of drug-likeness (QED) is 0.252. The van der Waals surface area contributed by atoms with Gasteiger partial charge < -0.3 is 0 Å². The van der Waals surface area contributed by atoms with Crippen LogP contribution >= 0.6 is 0 Å². The Morgan fingerprint density at radius 1 is 0.450 bits per heavy atom. The van der Waals surface area contributed by atoms with Crippen molar-refractivity contribution in [2.75, 3.05) is 0 Å². The van der Waals surface area contributed by atoms with Gasteiger partial charge in [0.25, 0.3) is 0 Å². The summed E-state index contributed by atoms with van der Waals surface area (Å²) in [7, 11) is 0. The Hall–Kier alpha value is 0. The van der Waals surface area contributed by atoms with Crippen LogP contribution in [0.5, 0.6) is 0 Å². The molecule has 0 saturated heterocycles. The zero-order valence-electron chi connectivity index (χ0n) is 14.9. The van der Waals surface area contributed by atoms with Crippen LogP contribution in [-0.2, 0) is 0 Å². The van der Waals surface area contributed by atoms with Crippen LogP contribution in [0.3, 0.4) is 0 Å². The zero-order valence-corrected chi connectivity index (χ0v) is 14.9. The molecule has 0 amide bonds. The Balaban J connectivity index is 3.05. The predicted octanol–water partition coefficient (Wildman–Crippen LogP) is 7.90. The molecular formula is C20H42. The third-order valence-corrected chi connectivity index (χ3v) is 4.60. The van der Waals surface area contributed by atoms with Gasteiger partial charge in [-0.1, -0.05) is 124 Å². The lowest BCUT2D eigenvalue weighted by atomic mass is 9.96. The second-order valence-corrected chi connectivity index (χ2v) is 6.93. The van der Waals surface area contributed by atoms with Crippen LogP contribution < -0.4 is 0 Å². The summed E-state index contributed by atoms with van der Waals surface area (Å²) in [6.45, 7) is 7.05. The van der Waals surface area contributed by atoms with Crippen LogP contribution in [0.25, 0.3) is 0 Å². The molecule has 122 valence electrons. The van der Waals surface area contributed by atoms with Gasteiger partial charge in [-0.3, -0.25) is 0 Å². The zero-order chi connectivity index (χ0) is 14.9. The van der Waals surface area contributed by atoms with Crippen molar-refractivity contribution < 1.29 is 0 Å². The monoisotopic (exact) mass is 282 g/mol. The number of hydrogen-bond acceptors (Lipinski definition) is 0. The third kappa shape index (κ3) is 16.1. The molecule has 20 heavy (non-hydrogen) atoms. The van der Waals surface area contributed by atoms with Gasteiger partial charge in [-0.25, -0.2) is 0 Å². The minimum atomic E-state index is 0.972. The fourth-order valence-electron chi connectivity index (χ4n) is 3.04. The van der Waals surface area contributed by atoms with E-state index in [2.05, 4.69) is 20.8 Å². The molecule has 0 aliphatic carbocycles. The lowest BCUT2D eigenvalue weighted by molar-refractivity contribution is 0.435. The van der Waals surface area contributed by atoms with Crippen LogP contribution in [0.1, 0.15) is 124 Å². The Morgan fingerprint density at radius 2 is 0.750 bits per heavy atom. The first-order chi connectivity index (χ1) is 9.81. The Labute approximate surface area is 130 Å². The molecule has 0 bridgehead atoms. The summed E-state index contributed by atoms with van der Waals surface area (Å²) < 4.78 is 0. The van der Waals surface area contributed by atoms with Crippen LogP contribution in [0.2, 0.25) is 0 Å². The predicted molar refractivity (Wildman–Crippen MR) is 94.4 cm³/mol. The maximum Gasteiger partial charge on any atom is -0.0443 e. The molecule has 1 unspecified atom stereocenters.